The molecular formula is C19H23N3O3. The molecule has 2 aromatic carbocycles. The van der Waals surface area contributed by atoms with Crippen molar-refractivity contribution >= 4 is 23.3 Å². The van der Waals surface area contributed by atoms with E-state index >= 15 is 0 Å². The van der Waals surface area contributed by atoms with Gasteiger partial charge in [0.25, 0.3) is 0 Å². The Morgan fingerprint density at radius 2 is 1.68 bits per heavy atom. The fourth-order valence-corrected chi connectivity index (χ4v) is 2.24. The molecule has 0 unspecified atom stereocenters. The van der Waals surface area contributed by atoms with Crippen LogP contribution in [0.25, 0.3) is 0 Å². The summed E-state index contributed by atoms with van der Waals surface area (Å²) in [5.74, 6) is 0.614. The van der Waals surface area contributed by atoms with Crippen LogP contribution in [0.1, 0.15) is 26.3 Å². The average molecular weight is 341 g/mol. The fraction of sp³-hybridized carbons (Fsp3) is 0.263. The van der Waals surface area contributed by atoms with E-state index in [0.717, 1.165) is 11.3 Å². The van der Waals surface area contributed by atoms with E-state index in [2.05, 4.69) is 16.0 Å². The zero-order valence-corrected chi connectivity index (χ0v) is 14.6. The van der Waals surface area contributed by atoms with E-state index in [1.54, 1.807) is 24.3 Å². The van der Waals surface area contributed by atoms with Crippen LogP contribution in [0.15, 0.2) is 48.5 Å². The molecule has 0 aliphatic carbocycles. The van der Waals surface area contributed by atoms with E-state index < -0.39 is 0 Å². The van der Waals surface area contributed by atoms with Gasteiger partial charge in [-0.2, -0.15) is 0 Å². The number of urea groups is 1. The maximum Gasteiger partial charge on any atom is 0.319 e. The molecule has 0 heterocycles. The van der Waals surface area contributed by atoms with E-state index in [1.165, 1.54) is 6.92 Å². The molecule has 3 amide bonds. The Hall–Kier alpha value is -3.02. The number of amides is 3. The van der Waals surface area contributed by atoms with Gasteiger partial charge in [-0.25, -0.2) is 4.79 Å². The molecule has 6 nitrogen and oxygen atoms in total. The quantitative estimate of drug-likeness (QED) is 0.748. The van der Waals surface area contributed by atoms with Crippen LogP contribution in [-0.4, -0.2) is 18.0 Å². The molecule has 2 rings (SSSR count). The van der Waals surface area contributed by atoms with E-state index in [1.807, 2.05) is 38.1 Å². The van der Waals surface area contributed by atoms with Crippen molar-refractivity contribution in [3.05, 3.63) is 54.1 Å². The third kappa shape index (κ3) is 6.55. The van der Waals surface area contributed by atoms with E-state index in [0.29, 0.717) is 17.9 Å². The first kappa shape index (κ1) is 18.3. The molecule has 0 saturated heterocycles. The van der Waals surface area contributed by atoms with Crippen molar-refractivity contribution < 1.29 is 14.3 Å². The minimum Gasteiger partial charge on any atom is -0.491 e. The number of anilines is 2. The lowest BCUT2D eigenvalue weighted by molar-refractivity contribution is -0.114. The van der Waals surface area contributed by atoms with E-state index in [-0.39, 0.29) is 18.0 Å². The molecule has 0 aromatic heterocycles. The Morgan fingerprint density at radius 1 is 1.00 bits per heavy atom. The maximum atomic E-state index is 12.0. The predicted octanol–water partition coefficient (Wildman–Crippen LogP) is 3.75. The van der Waals surface area contributed by atoms with Gasteiger partial charge in [-0.05, 0) is 49.7 Å². The Balaban J connectivity index is 1.89. The molecule has 0 atom stereocenters. The molecule has 2 aromatic rings. The van der Waals surface area contributed by atoms with Crippen LogP contribution in [0, 0.1) is 0 Å². The van der Waals surface area contributed by atoms with Gasteiger partial charge in [-0.15, -0.1) is 0 Å². The first-order chi connectivity index (χ1) is 11.9. The summed E-state index contributed by atoms with van der Waals surface area (Å²) in [6.07, 6.45) is 0.0994. The lowest BCUT2D eigenvalue weighted by atomic mass is 10.2. The summed E-state index contributed by atoms with van der Waals surface area (Å²) in [6.45, 7) is 5.75. The van der Waals surface area contributed by atoms with Gasteiger partial charge in [0, 0.05) is 24.8 Å². The monoisotopic (exact) mass is 341 g/mol. The second-order valence-corrected chi connectivity index (χ2v) is 5.88. The molecule has 0 bridgehead atoms. The molecule has 3 N–H and O–H groups in total. The van der Waals surface area contributed by atoms with Gasteiger partial charge in [0.15, 0.2) is 0 Å². The van der Waals surface area contributed by atoms with Crippen LogP contribution in [0.2, 0.25) is 0 Å². The highest BCUT2D eigenvalue weighted by Crippen LogP contribution is 2.16. The van der Waals surface area contributed by atoms with Crippen molar-refractivity contribution in [3.63, 3.8) is 0 Å². The smallest absolute Gasteiger partial charge is 0.319 e. The molecule has 0 radical (unpaired) electrons. The summed E-state index contributed by atoms with van der Waals surface area (Å²) in [5.41, 5.74) is 2.17. The molecule has 132 valence electrons. The number of rotatable bonds is 6. The lowest BCUT2D eigenvalue weighted by Gasteiger charge is -2.12. The Bertz CT molecular complexity index is 744. The molecular weight excluding hydrogens is 318 g/mol. The van der Waals surface area contributed by atoms with Gasteiger partial charge >= 0.3 is 6.03 Å². The third-order valence-electron chi connectivity index (χ3n) is 3.16. The van der Waals surface area contributed by atoms with Crippen molar-refractivity contribution in [2.24, 2.45) is 0 Å². The standard InChI is InChI=1S/C19H23N3O3/c1-13(2)25-18-9-4-6-15(10-18)12-20-19(24)22-17-8-5-7-16(11-17)21-14(3)23/h4-11,13H,12H2,1-3H3,(H,21,23)(H2,20,22,24). The van der Waals surface area contributed by atoms with E-state index in [4.69, 9.17) is 4.74 Å². The van der Waals surface area contributed by atoms with Gasteiger partial charge in [0.05, 0.1) is 6.10 Å². The Morgan fingerprint density at radius 3 is 2.36 bits per heavy atom. The second-order valence-electron chi connectivity index (χ2n) is 5.88. The summed E-state index contributed by atoms with van der Waals surface area (Å²) < 4.78 is 5.64. The maximum absolute atomic E-state index is 12.0. The zero-order chi connectivity index (χ0) is 18.2. The third-order valence-corrected chi connectivity index (χ3v) is 3.16. The minimum absolute atomic E-state index is 0.0994. The highest BCUT2D eigenvalue weighted by molar-refractivity contribution is 5.92. The number of ether oxygens (including phenoxy) is 1. The van der Waals surface area contributed by atoms with Crippen LogP contribution in [0.3, 0.4) is 0 Å². The number of benzene rings is 2. The lowest BCUT2D eigenvalue weighted by Crippen LogP contribution is -2.28. The van der Waals surface area contributed by atoms with Crippen LogP contribution in [-0.2, 0) is 11.3 Å². The molecule has 0 aliphatic heterocycles. The summed E-state index contributed by atoms with van der Waals surface area (Å²) in [7, 11) is 0. The van der Waals surface area contributed by atoms with Crippen molar-refractivity contribution in [2.75, 3.05) is 10.6 Å². The molecule has 0 saturated carbocycles. The van der Waals surface area contributed by atoms with Gasteiger partial charge in [0.2, 0.25) is 5.91 Å². The first-order valence-corrected chi connectivity index (χ1v) is 8.10. The number of carbonyl (C=O) groups is 2. The van der Waals surface area contributed by atoms with Crippen LogP contribution < -0.4 is 20.7 Å². The normalized spacial score (nSPS) is 10.2. The van der Waals surface area contributed by atoms with Crippen LogP contribution >= 0.6 is 0 Å². The van der Waals surface area contributed by atoms with Crippen LogP contribution in [0.4, 0.5) is 16.2 Å². The van der Waals surface area contributed by atoms with Gasteiger partial charge in [0.1, 0.15) is 5.75 Å². The largest absolute Gasteiger partial charge is 0.491 e. The number of carbonyl (C=O) groups excluding carboxylic acids is 2. The topological polar surface area (TPSA) is 79.5 Å². The number of nitrogens with one attached hydrogen (secondary N) is 3. The molecule has 0 aliphatic rings. The zero-order valence-electron chi connectivity index (χ0n) is 14.6. The fourth-order valence-electron chi connectivity index (χ4n) is 2.24. The van der Waals surface area contributed by atoms with Gasteiger partial charge in [-0.1, -0.05) is 18.2 Å². The predicted molar refractivity (Wildman–Crippen MR) is 98.8 cm³/mol. The highest BCUT2D eigenvalue weighted by atomic mass is 16.5. The summed E-state index contributed by atoms with van der Waals surface area (Å²) in [5, 5.41) is 8.21. The first-order valence-electron chi connectivity index (χ1n) is 8.10. The van der Waals surface area contributed by atoms with Gasteiger partial charge < -0.3 is 20.7 Å². The van der Waals surface area contributed by atoms with Crippen molar-refractivity contribution in [1.29, 1.82) is 0 Å². The summed E-state index contributed by atoms with van der Waals surface area (Å²) in [4.78, 5) is 23.1. The van der Waals surface area contributed by atoms with Crippen LogP contribution in [0.5, 0.6) is 5.75 Å². The van der Waals surface area contributed by atoms with Gasteiger partial charge in [-0.3, -0.25) is 4.79 Å². The Labute approximate surface area is 147 Å². The number of hydrogen-bond acceptors (Lipinski definition) is 3. The van der Waals surface area contributed by atoms with E-state index in [9.17, 15) is 9.59 Å². The second kappa shape index (κ2) is 8.73. The molecule has 25 heavy (non-hydrogen) atoms. The van der Waals surface area contributed by atoms with Crippen molar-refractivity contribution in [2.45, 2.75) is 33.4 Å². The molecule has 0 spiro atoms. The summed E-state index contributed by atoms with van der Waals surface area (Å²) >= 11 is 0. The van der Waals surface area contributed by atoms with Crippen molar-refractivity contribution in [1.82, 2.24) is 5.32 Å². The van der Waals surface area contributed by atoms with Crippen molar-refractivity contribution in [3.8, 4) is 5.75 Å². The summed E-state index contributed by atoms with van der Waals surface area (Å²) in [6, 6.07) is 14.2. The SMILES string of the molecule is CC(=O)Nc1cccc(NC(=O)NCc2cccc(OC(C)C)c2)c1. The number of hydrogen-bond donors (Lipinski definition) is 3. The highest BCUT2D eigenvalue weighted by Gasteiger charge is 2.05. The molecule has 6 heteroatoms. The average Bonchev–Trinajstić information content (AvgIpc) is 2.52. The Kier molecular flexibility index (Phi) is 6.39. The minimum atomic E-state index is -0.324. The molecule has 0 fully saturated rings.